The molecule has 0 atom stereocenters. The summed E-state index contributed by atoms with van der Waals surface area (Å²) in [7, 11) is 0. The van der Waals surface area contributed by atoms with Gasteiger partial charge in [0.15, 0.2) is 0 Å². The van der Waals surface area contributed by atoms with Crippen molar-refractivity contribution in [2.24, 2.45) is 0 Å². The van der Waals surface area contributed by atoms with Crippen molar-refractivity contribution in [1.82, 2.24) is 0 Å². The molecule has 0 bridgehead atoms. The Hall–Kier alpha value is -6.54. The van der Waals surface area contributed by atoms with Crippen LogP contribution in [-0.2, 0) is 5.41 Å². The summed E-state index contributed by atoms with van der Waals surface area (Å²) in [5.74, 6) is 0. The molecular weight excluding hydrogens is 693 g/mol. The maximum Gasteiger partial charge on any atom is 0.0361 e. The molecule has 0 spiro atoms. The van der Waals surface area contributed by atoms with E-state index in [-0.39, 0.29) is 5.41 Å². The molecule has 0 fully saturated rings. The third-order valence-corrected chi connectivity index (χ3v) is 13.7. The summed E-state index contributed by atoms with van der Waals surface area (Å²) in [6, 6.07) is 68.2. The molecule has 0 saturated carbocycles. The Morgan fingerprint density at radius 2 is 0.893 bits per heavy atom. The van der Waals surface area contributed by atoms with E-state index in [1.807, 2.05) is 11.3 Å². The minimum Gasteiger partial charge on any atom is -0.135 e. The lowest BCUT2D eigenvalue weighted by Gasteiger charge is -2.21. The zero-order valence-electron chi connectivity index (χ0n) is 31.2. The van der Waals surface area contributed by atoms with Crippen molar-refractivity contribution in [3.8, 4) is 44.5 Å². The number of rotatable bonds is 3. The first-order valence-electron chi connectivity index (χ1n) is 19.6. The fourth-order valence-electron chi connectivity index (χ4n) is 9.89. The molecule has 12 rings (SSSR count). The highest BCUT2D eigenvalue weighted by Gasteiger charge is 2.35. The van der Waals surface area contributed by atoms with Crippen LogP contribution in [0.2, 0.25) is 0 Å². The van der Waals surface area contributed by atoms with E-state index in [2.05, 4.69) is 196 Å². The molecule has 1 aliphatic carbocycles. The van der Waals surface area contributed by atoms with Crippen molar-refractivity contribution < 1.29 is 0 Å². The van der Waals surface area contributed by atoms with E-state index in [9.17, 15) is 0 Å². The lowest BCUT2D eigenvalue weighted by atomic mass is 9.82. The molecule has 0 N–H and O–H groups in total. The van der Waals surface area contributed by atoms with Gasteiger partial charge in [0.2, 0.25) is 0 Å². The molecule has 10 aromatic carbocycles. The van der Waals surface area contributed by atoms with Crippen molar-refractivity contribution >= 4 is 74.6 Å². The van der Waals surface area contributed by atoms with E-state index in [4.69, 9.17) is 0 Å². The summed E-state index contributed by atoms with van der Waals surface area (Å²) in [5, 5.41) is 12.9. The second kappa shape index (κ2) is 11.7. The number of hydrogen-bond donors (Lipinski definition) is 0. The third-order valence-electron chi connectivity index (χ3n) is 12.6. The largest absolute Gasteiger partial charge is 0.135 e. The number of benzene rings is 10. The van der Waals surface area contributed by atoms with Gasteiger partial charge >= 0.3 is 0 Å². The van der Waals surface area contributed by atoms with Crippen LogP contribution in [0.3, 0.4) is 0 Å². The monoisotopic (exact) mass is 728 g/mol. The molecule has 0 nitrogen and oxygen atoms in total. The zero-order chi connectivity index (χ0) is 37.1. The Bertz CT molecular complexity index is 3370. The van der Waals surface area contributed by atoms with Crippen molar-refractivity contribution in [3.63, 3.8) is 0 Å². The molecule has 1 aromatic heterocycles. The van der Waals surface area contributed by atoms with E-state index in [1.165, 1.54) is 119 Å². The van der Waals surface area contributed by atoms with Crippen LogP contribution in [0.4, 0.5) is 0 Å². The average Bonchev–Trinajstić information content (AvgIpc) is 3.70. The standard InChI is InChI=1S/C55H36S/c1-55(2)49-21-10-9-15-40(49)46-31-48-47-29-37-27-26-36(28-38(37)30-51(47)56-52(48)32-50(46)55)33-22-24-35(25-23-33)53-42-16-5-7-18-44(42)54(45-19-8-6-17-43(45)53)41-20-11-13-34-12-3-4-14-39(34)41/h3-32H,1-2H3. The summed E-state index contributed by atoms with van der Waals surface area (Å²) in [6.45, 7) is 4.74. The van der Waals surface area contributed by atoms with Crippen LogP contribution in [-0.4, -0.2) is 0 Å². The average molecular weight is 729 g/mol. The number of hydrogen-bond acceptors (Lipinski definition) is 1. The number of thiophene rings is 1. The topological polar surface area (TPSA) is 0 Å². The molecule has 1 heteroatoms. The van der Waals surface area contributed by atoms with Crippen molar-refractivity contribution in [2.45, 2.75) is 19.3 Å². The second-order valence-electron chi connectivity index (χ2n) is 16.0. The highest BCUT2D eigenvalue weighted by molar-refractivity contribution is 7.25. The predicted octanol–water partition coefficient (Wildman–Crippen LogP) is 16.0. The minimum atomic E-state index is 0.00655. The van der Waals surface area contributed by atoms with Gasteiger partial charge in [-0.2, -0.15) is 0 Å². The molecule has 1 aliphatic rings. The van der Waals surface area contributed by atoms with Crippen LogP contribution < -0.4 is 0 Å². The van der Waals surface area contributed by atoms with Gasteiger partial charge in [-0.1, -0.05) is 166 Å². The molecule has 0 aliphatic heterocycles. The van der Waals surface area contributed by atoms with Gasteiger partial charge in [-0.25, -0.2) is 0 Å². The molecule has 0 unspecified atom stereocenters. The molecule has 0 radical (unpaired) electrons. The van der Waals surface area contributed by atoms with Crippen LogP contribution in [0.1, 0.15) is 25.0 Å². The first-order chi connectivity index (χ1) is 27.5. The first-order valence-corrected chi connectivity index (χ1v) is 20.4. The van der Waals surface area contributed by atoms with Gasteiger partial charge in [-0.05, 0) is 129 Å². The highest BCUT2D eigenvalue weighted by Crippen LogP contribution is 2.52. The SMILES string of the molecule is CC1(C)c2ccccc2-c2cc3c(cc21)sc1cc2cc(-c4ccc(-c5c6ccccc6c(-c6cccc7ccccc67)c6ccccc56)cc4)ccc2cc13. The molecular formula is C55H36S. The predicted molar refractivity (Wildman–Crippen MR) is 243 cm³/mol. The molecule has 262 valence electrons. The maximum absolute atomic E-state index is 2.47. The van der Waals surface area contributed by atoms with Crippen molar-refractivity contribution in [1.29, 1.82) is 0 Å². The van der Waals surface area contributed by atoms with Gasteiger partial charge in [0, 0.05) is 25.6 Å². The fourth-order valence-corrected chi connectivity index (χ4v) is 11.1. The van der Waals surface area contributed by atoms with Crippen LogP contribution >= 0.6 is 11.3 Å². The summed E-state index contributed by atoms with van der Waals surface area (Å²) < 4.78 is 2.72. The summed E-state index contributed by atoms with van der Waals surface area (Å²) >= 11 is 1.92. The van der Waals surface area contributed by atoms with Gasteiger partial charge in [-0.3, -0.25) is 0 Å². The molecule has 56 heavy (non-hydrogen) atoms. The maximum atomic E-state index is 2.47. The van der Waals surface area contributed by atoms with Crippen LogP contribution in [0, 0.1) is 0 Å². The smallest absolute Gasteiger partial charge is 0.0361 e. The van der Waals surface area contributed by atoms with Gasteiger partial charge in [0.25, 0.3) is 0 Å². The first kappa shape index (κ1) is 31.8. The zero-order valence-corrected chi connectivity index (χ0v) is 32.0. The third kappa shape index (κ3) is 4.53. The Morgan fingerprint density at radius 1 is 0.321 bits per heavy atom. The Morgan fingerprint density at radius 3 is 1.66 bits per heavy atom. The van der Waals surface area contributed by atoms with Gasteiger partial charge in [-0.15, -0.1) is 11.3 Å². The quantitative estimate of drug-likeness (QED) is 0.159. The summed E-state index contributed by atoms with van der Waals surface area (Å²) in [5.41, 5.74) is 13.2. The number of fused-ring (bicyclic) bond motifs is 10. The normalized spacial score (nSPS) is 13.3. The summed E-state index contributed by atoms with van der Waals surface area (Å²) in [6.07, 6.45) is 0. The van der Waals surface area contributed by atoms with Crippen LogP contribution in [0.5, 0.6) is 0 Å². The Kier molecular flexibility index (Phi) is 6.66. The fraction of sp³-hybridized carbons (Fsp3) is 0.0545. The van der Waals surface area contributed by atoms with E-state index in [0.29, 0.717) is 0 Å². The highest BCUT2D eigenvalue weighted by atomic mass is 32.1. The van der Waals surface area contributed by atoms with Gasteiger partial charge in [0.1, 0.15) is 0 Å². The van der Waals surface area contributed by atoms with E-state index < -0.39 is 0 Å². The van der Waals surface area contributed by atoms with E-state index >= 15 is 0 Å². The van der Waals surface area contributed by atoms with E-state index in [1.54, 1.807) is 0 Å². The van der Waals surface area contributed by atoms with Gasteiger partial charge in [0.05, 0.1) is 0 Å². The van der Waals surface area contributed by atoms with Crippen LogP contribution in [0.25, 0.3) is 108 Å². The minimum absolute atomic E-state index is 0.00655. The lowest BCUT2D eigenvalue weighted by Crippen LogP contribution is -2.14. The second-order valence-corrected chi connectivity index (χ2v) is 17.1. The molecule has 1 heterocycles. The Balaban J connectivity index is 0.963. The molecule has 0 amide bonds. The van der Waals surface area contributed by atoms with Crippen LogP contribution in [0.15, 0.2) is 182 Å². The van der Waals surface area contributed by atoms with Gasteiger partial charge < -0.3 is 0 Å². The van der Waals surface area contributed by atoms with Crippen molar-refractivity contribution in [2.75, 3.05) is 0 Å². The van der Waals surface area contributed by atoms with E-state index in [0.717, 1.165) is 0 Å². The lowest BCUT2D eigenvalue weighted by molar-refractivity contribution is 0.661. The van der Waals surface area contributed by atoms with Crippen molar-refractivity contribution in [3.05, 3.63) is 193 Å². The summed E-state index contributed by atoms with van der Waals surface area (Å²) in [4.78, 5) is 0. The molecule has 0 saturated heterocycles. The molecule has 11 aromatic rings. The Labute approximate surface area is 329 Å².